The van der Waals surface area contributed by atoms with Crippen molar-refractivity contribution in [1.82, 2.24) is 5.32 Å². The minimum absolute atomic E-state index is 0.271. The first kappa shape index (κ1) is 15.6. The molecule has 0 aromatic heterocycles. The lowest BCUT2D eigenvalue weighted by molar-refractivity contribution is 0.0532. The molecule has 3 nitrogen and oxygen atoms in total. The number of hydrogen-bond acceptors (Lipinski definition) is 3. The van der Waals surface area contributed by atoms with E-state index >= 15 is 0 Å². The van der Waals surface area contributed by atoms with Crippen LogP contribution in [0.4, 0.5) is 5.69 Å². The van der Waals surface area contributed by atoms with E-state index < -0.39 is 0 Å². The van der Waals surface area contributed by atoms with Gasteiger partial charge in [-0.2, -0.15) is 0 Å². The average Bonchev–Trinajstić information content (AvgIpc) is 2.38. The highest BCUT2D eigenvalue weighted by Gasteiger charge is 2.18. The predicted octanol–water partition coefficient (Wildman–Crippen LogP) is 3.31. The third-order valence-corrected chi connectivity index (χ3v) is 3.78. The molecule has 1 aliphatic heterocycles. The van der Waals surface area contributed by atoms with Crippen molar-refractivity contribution in [2.24, 2.45) is 5.92 Å². The molecule has 112 valence electrons. The molecule has 4 heteroatoms. The smallest absolute Gasteiger partial charge is 0.0722 e. The molecule has 1 aromatic rings. The van der Waals surface area contributed by atoms with E-state index in [1.807, 2.05) is 0 Å². The monoisotopic (exact) mass is 296 g/mol. The first-order chi connectivity index (χ1) is 9.56. The Hall–Kier alpha value is -0.770. The lowest BCUT2D eigenvalue weighted by Gasteiger charge is -2.33. The van der Waals surface area contributed by atoms with Crippen LogP contribution in [0.5, 0.6) is 0 Å². The van der Waals surface area contributed by atoms with Gasteiger partial charge in [0.15, 0.2) is 0 Å². The molecule has 20 heavy (non-hydrogen) atoms. The number of anilines is 1. The highest BCUT2D eigenvalue weighted by atomic mass is 35.5. The van der Waals surface area contributed by atoms with Gasteiger partial charge < -0.3 is 15.0 Å². The normalized spacial score (nSPS) is 19.6. The Labute approximate surface area is 127 Å². The van der Waals surface area contributed by atoms with E-state index in [1.54, 1.807) is 0 Å². The summed E-state index contributed by atoms with van der Waals surface area (Å²) in [4.78, 5) is 2.31. The molecule has 1 heterocycles. The first-order valence-corrected chi connectivity index (χ1v) is 7.79. The summed E-state index contributed by atoms with van der Waals surface area (Å²) in [6, 6.07) is 6.37. The molecule has 0 bridgehead atoms. The van der Waals surface area contributed by atoms with Crippen LogP contribution in [0.3, 0.4) is 0 Å². The number of ether oxygens (including phenoxy) is 1. The molecule has 1 unspecified atom stereocenters. The maximum Gasteiger partial charge on any atom is 0.0722 e. The zero-order valence-electron chi connectivity index (χ0n) is 12.7. The maximum absolute atomic E-state index is 6.44. The van der Waals surface area contributed by atoms with Gasteiger partial charge in [0, 0.05) is 19.6 Å². The number of hydrogen-bond donors (Lipinski definition) is 1. The Morgan fingerprint density at radius 2 is 2.25 bits per heavy atom. The van der Waals surface area contributed by atoms with Crippen molar-refractivity contribution >= 4 is 17.3 Å². The average molecular weight is 297 g/mol. The quantitative estimate of drug-likeness (QED) is 0.902. The van der Waals surface area contributed by atoms with Crippen LogP contribution in [0.2, 0.25) is 5.02 Å². The highest BCUT2D eigenvalue weighted by molar-refractivity contribution is 6.33. The van der Waals surface area contributed by atoms with Crippen molar-refractivity contribution in [3.63, 3.8) is 0 Å². The molecule has 0 aliphatic carbocycles. The molecular weight excluding hydrogens is 272 g/mol. The summed E-state index contributed by atoms with van der Waals surface area (Å²) in [6.45, 7) is 11.0. The largest absolute Gasteiger partial charge is 0.375 e. The second-order valence-electron chi connectivity index (χ2n) is 5.94. The van der Waals surface area contributed by atoms with Crippen LogP contribution >= 0.6 is 11.6 Å². The summed E-state index contributed by atoms with van der Waals surface area (Å²) in [5.41, 5.74) is 2.36. The minimum atomic E-state index is 0.271. The van der Waals surface area contributed by atoms with Gasteiger partial charge >= 0.3 is 0 Å². The Kier molecular flexibility index (Phi) is 5.70. The molecule has 0 radical (unpaired) electrons. The Morgan fingerprint density at radius 1 is 1.45 bits per heavy atom. The van der Waals surface area contributed by atoms with Crippen LogP contribution in [0.25, 0.3) is 0 Å². The molecule has 2 rings (SSSR count). The third-order valence-electron chi connectivity index (χ3n) is 3.48. The van der Waals surface area contributed by atoms with Crippen LogP contribution in [0.15, 0.2) is 18.2 Å². The van der Waals surface area contributed by atoms with Crippen LogP contribution in [0, 0.1) is 5.92 Å². The zero-order valence-corrected chi connectivity index (χ0v) is 13.4. The highest BCUT2D eigenvalue weighted by Crippen LogP contribution is 2.28. The van der Waals surface area contributed by atoms with Gasteiger partial charge in [-0.15, -0.1) is 0 Å². The van der Waals surface area contributed by atoms with Crippen molar-refractivity contribution in [1.29, 1.82) is 0 Å². The fraction of sp³-hybridized carbons (Fsp3) is 0.625. The molecule has 1 N–H and O–H groups in total. The van der Waals surface area contributed by atoms with E-state index in [0.29, 0.717) is 5.92 Å². The molecule has 1 fully saturated rings. The standard InChI is InChI=1S/C16H25ClN2O/c1-12(2)9-18-10-14-4-5-16(15(17)8-14)19-6-7-20-13(3)11-19/h4-5,8,12-13,18H,6-7,9-11H2,1-3H3. The van der Waals surface area contributed by atoms with Gasteiger partial charge in [0.2, 0.25) is 0 Å². The summed E-state index contributed by atoms with van der Waals surface area (Å²) in [6.07, 6.45) is 0.271. The van der Waals surface area contributed by atoms with Crippen LogP contribution < -0.4 is 10.2 Å². The summed E-state index contributed by atoms with van der Waals surface area (Å²) in [5, 5.41) is 4.28. The SMILES string of the molecule is CC(C)CNCc1ccc(N2CCOC(C)C2)c(Cl)c1. The van der Waals surface area contributed by atoms with E-state index in [9.17, 15) is 0 Å². The topological polar surface area (TPSA) is 24.5 Å². The fourth-order valence-corrected chi connectivity index (χ4v) is 2.78. The van der Waals surface area contributed by atoms with E-state index in [0.717, 1.165) is 43.5 Å². The molecule has 1 aromatic carbocycles. The predicted molar refractivity (Wildman–Crippen MR) is 85.6 cm³/mol. The van der Waals surface area contributed by atoms with Crippen molar-refractivity contribution in [2.45, 2.75) is 33.4 Å². The lowest BCUT2D eigenvalue weighted by Crippen LogP contribution is -2.41. The van der Waals surface area contributed by atoms with E-state index in [1.165, 1.54) is 5.56 Å². The molecule has 0 spiro atoms. The molecule has 1 saturated heterocycles. The van der Waals surface area contributed by atoms with Gasteiger partial charge in [-0.1, -0.05) is 31.5 Å². The number of nitrogens with zero attached hydrogens (tertiary/aromatic N) is 1. The van der Waals surface area contributed by atoms with Gasteiger partial charge in [0.25, 0.3) is 0 Å². The Bertz CT molecular complexity index is 436. The number of benzene rings is 1. The van der Waals surface area contributed by atoms with Crippen LogP contribution in [0.1, 0.15) is 26.3 Å². The van der Waals surface area contributed by atoms with Crippen molar-refractivity contribution in [2.75, 3.05) is 31.1 Å². The number of rotatable bonds is 5. The summed E-state index contributed by atoms with van der Waals surface area (Å²) in [7, 11) is 0. The maximum atomic E-state index is 6.44. The molecule has 1 atom stereocenters. The Morgan fingerprint density at radius 3 is 2.90 bits per heavy atom. The van der Waals surface area contributed by atoms with Crippen LogP contribution in [-0.4, -0.2) is 32.3 Å². The van der Waals surface area contributed by atoms with E-state index in [4.69, 9.17) is 16.3 Å². The van der Waals surface area contributed by atoms with Crippen molar-refractivity contribution in [3.8, 4) is 0 Å². The van der Waals surface area contributed by atoms with E-state index in [2.05, 4.69) is 49.2 Å². The molecule has 1 aliphatic rings. The van der Waals surface area contributed by atoms with Gasteiger partial charge in [-0.3, -0.25) is 0 Å². The first-order valence-electron chi connectivity index (χ1n) is 7.42. The van der Waals surface area contributed by atoms with Gasteiger partial charge in [-0.05, 0) is 37.1 Å². The number of halogens is 1. The number of morpholine rings is 1. The molecular formula is C16H25ClN2O. The minimum Gasteiger partial charge on any atom is -0.375 e. The van der Waals surface area contributed by atoms with Crippen molar-refractivity contribution < 1.29 is 4.74 Å². The summed E-state index contributed by atoms with van der Waals surface area (Å²) in [5.74, 6) is 0.666. The summed E-state index contributed by atoms with van der Waals surface area (Å²) < 4.78 is 5.57. The zero-order chi connectivity index (χ0) is 14.5. The summed E-state index contributed by atoms with van der Waals surface area (Å²) >= 11 is 6.44. The second kappa shape index (κ2) is 7.30. The lowest BCUT2D eigenvalue weighted by atomic mass is 10.1. The second-order valence-corrected chi connectivity index (χ2v) is 6.35. The third kappa shape index (κ3) is 4.37. The van der Waals surface area contributed by atoms with Gasteiger partial charge in [0.05, 0.1) is 23.4 Å². The fourth-order valence-electron chi connectivity index (χ4n) is 2.46. The molecule has 0 amide bonds. The number of nitrogens with one attached hydrogen (secondary N) is 1. The van der Waals surface area contributed by atoms with Gasteiger partial charge in [-0.25, -0.2) is 0 Å². The van der Waals surface area contributed by atoms with Gasteiger partial charge in [0.1, 0.15) is 0 Å². The Balaban J connectivity index is 1.98. The van der Waals surface area contributed by atoms with E-state index in [-0.39, 0.29) is 6.10 Å². The van der Waals surface area contributed by atoms with Crippen molar-refractivity contribution in [3.05, 3.63) is 28.8 Å². The van der Waals surface area contributed by atoms with Crippen LogP contribution in [-0.2, 0) is 11.3 Å². The molecule has 0 saturated carbocycles.